The predicted octanol–water partition coefficient (Wildman–Crippen LogP) is 1.89. The summed E-state index contributed by atoms with van der Waals surface area (Å²) >= 11 is 0. The van der Waals surface area contributed by atoms with Crippen molar-refractivity contribution in [2.45, 2.75) is 6.42 Å². The fourth-order valence-corrected chi connectivity index (χ4v) is 2.03. The molecule has 2 aromatic rings. The highest BCUT2D eigenvalue weighted by atomic mass is 16.5. The molecule has 0 radical (unpaired) electrons. The molecule has 2 rings (SSSR count). The largest absolute Gasteiger partial charge is 0.496 e. The second-order valence-corrected chi connectivity index (χ2v) is 5.06. The molecular weight excluding hydrogens is 270 g/mol. The molecule has 0 unspecified atom stereocenters. The number of ether oxygens (including phenoxy) is 1. The molecule has 0 amide bonds. The van der Waals surface area contributed by atoms with E-state index in [4.69, 9.17) is 9.84 Å². The fourth-order valence-electron chi connectivity index (χ4n) is 2.03. The summed E-state index contributed by atoms with van der Waals surface area (Å²) in [6, 6.07) is 7.39. The van der Waals surface area contributed by atoms with E-state index in [1.165, 1.54) is 6.07 Å². The molecular formula is C15H19N3O3. The summed E-state index contributed by atoms with van der Waals surface area (Å²) in [5, 5.41) is 15.5. The van der Waals surface area contributed by atoms with Crippen molar-refractivity contribution in [3.63, 3.8) is 0 Å². The Labute approximate surface area is 123 Å². The van der Waals surface area contributed by atoms with E-state index < -0.39 is 5.97 Å². The minimum atomic E-state index is -1.03. The number of carboxylic acids is 1. The summed E-state index contributed by atoms with van der Waals surface area (Å²) in [6.07, 6.45) is 0.903. The van der Waals surface area contributed by atoms with Gasteiger partial charge >= 0.3 is 5.97 Å². The van der Waals surface area contributed by atoms with Gasteiger partial charge in [-0.1, -0.05) is 6.07 Å². The van der Waals surface area contributed by atoms with Crippen LogP contribution in [0, 0.1) is 0 Å². The highest BCUT2D eigenvalue weighted by molar-refractivity contribution is 5.87. The lowest BCUT2D eigenvalue weighted by Gasteiger charge is -2.12. The molecule has 2 N–H and O–H groups in total. The number of H-pyrrole nitrogens is 1. The van der Waals surface area contributed by atoms with Crippen molar-refractivity contribution < 1.29 is 14.6 Å². The number of aromatic carboxylic acids is 1. The van der Waals surface area contributed by atoms with Crippen LogP contribution in [0.15, 0.2) is 24.3 Å². The third-order valence-corrected chi connectivity index (χ3v) is 3.20. The van der Waals surface area contributed by atoms with E-state index in [9.17, 15) is 4.79 Å². The van der Waals surface area contributed by atoms with Crippen LogP contribution in [-0.2, 0) is 6.42 Å². The van der Waals surface area contributed by atoms with Crippen molar-refractivity contribution in [2.24, 2.45) is 0 Å². The van der Waals surface area contributed by atoms with Crippen LogP contribution in [0.4, 0.5) is 0 Å². The van der Waals surface area contributed by atoms with Crippen molar-refractivity contribution in [2.75, 3.05) is 27.7 Å². The van der Waals surface area contributed by atoms with E-state index in [1.54, 1.807) is 7.11 Å². The number of hydrogen-bond acceptors (Lipinski definition) is 4. The van der Waals surface area contributed by atoms with Crippen LogP contribution in [0.5, 0.6) is 5.75 Å². The molecule has 1 heterocycles. The van der Waals surface area contributed by atoms with Gasteiger partial charge in [0.15, 0.2) is 0 Å². The first kappa shape index (κ1) is 15.1. The first-order chi connectivity index (χ1) is 10.0. The predicted molar refractivity (Wildman–Crippen MR) is 79.8 cm³/mol. The molecule has 1 aromatic carbocycles. The summed E-state index contributed by atoms with van der Waals surface area (Å²) < 4.78 is 5.34. The molecule has 0 aliphatic rings. The summed E-state index contributed by atoms with van der Waals surface area (Å²) in [6.45, 7) is 0.937. The first-order valence-corrected chi connectivity index (χ1v) is 6.62. The van der Waals surface area contributed by atoms with Crippen LogP contribution in [-0.4, -0.2) is 53.9 Å². The van der Waals surface area contributed by atoms with Gasteiger partial charge in [-0.3, -0.25) is 5.10 Å². The molecule has 0 aliphatic heterocycles. The molecule has 0 bridgehead atoms. The Balaban J connectivity index is 2.34. The molecule has 0 atom stereocenters. The van der Waals surface area contributed by atoms with Crippen LogP contribution >= 0.6 is 0 Å². The van der Waals surface area contributed by atoms with Gasteiger partial charge in [-0.2, -0.15) is 5.10 Å². The Morgan fingerprint density at radius 3 is 2.71 bits per heavy atom. The van der Waals surface area contributed by atoms with E-state index in [2.05, 4.69) is 15.1 Å². The van der Waals surface area contributed by atoms with Crippen molar-refractivity contribution >= 4 is 5.97 Å². The monoisotopic (exact) mass is 289 g/mol. The number of rotatable bonds is 6. The molecule has 6 nitrogen and oxygen atoms in total. The van der Waals surface area contributed by atoms with Gasteiger partial charge in [0.1, 0.15) is 11.4 Å². The number of likely N-dealkylation sites (N-methyl/N-ethyl adjacent to an activating group) is 1. The number of carbonyl (C=O) groups is 1. The Morgan fingerprint density at radius 1 is 1.38 bits per heavy atom. The van der Waals surface area contributed by atoms with Gasteiger partial charge in [0, 0.05) is 12.1 Å². The van der Waals surface area contributed by atoms with E-state index in [0.29, 0.717) is 11.4 Å². The lowest BCUT2D eigenvalue weighted by Crippen LogP contribution is -2.15. The second-order valence-electron chi connectivity index (χ2n) is 5.06. The normalized spacial score (nSPS) is 10.9. The van der Waals surface area contributed by atoms with Gasteiger partial charge in [0.25, 0.3) is 0 Å². The number of aromatic amines is 1. The molecule has 6 heteroatoms. The maximum Gasteiger partial charge on any atom is 0.353 e. The first-order valence-electron chi connectivity index (χ1n) is 6.62. The van der Waals surface area contributed by atoms with Gasteiger partial charge in [-0.25, -0.2) is 4.79 Å². The van der Waals surface area contributed by atoms with Crippen molar-refractivity contribution in [3.05, 3.63) is 35.5 Å². The number of benzene rings is 1. The van der Waals surface area contributed by atoms with Gasteiger partial charge in [-0.05, 0) is 44.3 Å². The number of nitrogens with one attached hydrogen (secondary N) is 1. The van der Waals surface area contributed by atoms with Crippen LogP contribution in [0.3, 0.4) is 0 Å². The number of hydrogen-bond donors (Lipinski definition) is 2. The van der Waals surface area contributed by atoms with E-state index in [0.717, 1.165) is 24.1 Å². The standard InChI is InChI=1S/C15H19N3O3/c1-18(2)7-6-10-4-5-14(21-3)11(8-10)12-9-13(15(19)20)17-16-12/h4-5,8-9H,6-7H2,1-3H3,(H,16,17)(H,19,20). The lowest BCUT2D eigenvalue weighted by molar-refractivity contribution is 0.0690. The summed E-state index contributed by atoms with van der Waals surface area (Å²) in [7, 11) is 5.64. The van der Waals surface area contributed by atoms with Crippen LogP contribution in [0.25, 0.3) is 11.3 Å². The molecule has 0 saturated heterocycles. The minimum Gasteiger partial charge on any atom is -0.496 e. The molecule has 0 spiro atoms. The van der Waals surface area contributed by atoms with Gasteiger partial charge in [-0.15, -0.1) is 0 Å². The summed E-state index contributed by atoms with van der Waals surface area (Å²) in [5.41, 5.74) is 2.57. The Kier molecular flexibility index (Phi) is 4.59. The van der Waals surface area contributed by atoms with Gasteiger partial charge < -0.3 is 14.7 Å². The number of carboxylic acid groups (broad SMARTS) is 1. The summed E-state index contributed by atoms with van der Waals surface area (Å²) in [5.74, 6) is -0.358. The zero-order valence-corrected chi connectivity index (χ0v) is 12.4. The number of methoxy groups -OCH3 is 1. The van der Waals surface area contributed by atoms with Gasteiger partial charge in [0.05, 0.1) is 12.8 Å². The number of aromatic nitrogens is 2. The maximum absolute atomic E-state index is 10.9. The van der Waals surface area contributed by atoms with Gasteiger partial charge in [0.2, 0.25) is 0 Å². The highest BCUT2D eigenvalue weighted by Gasteiger charge is 2.13. The average Bonchev–Trinajstić information content (AvgIpc) is 2.94. The van der Waals surface area contributed by atoms with E-state index >= 15 is 0 Å². The molecule has 0 aliphatic carbocycles. The highest BCUT2D eigenvalue weighted by Crippen LogP contribution is 2.30. The number of nitrogens with zero attached hydrogens (tertiary/aromatic N) is 2. The molecule has 0 saturated carbocycles. The third-order valence-electron chi connectivity index (χ3n) is 3.20. The second kappa shape index (κ2) is 6.41. The zero-order valence-electron chi connectivity index (χ0n) is 12.4. The Morgan fingerprint density at radius 2 is 2.14 bits per heavy atom. The molecule has 0 fully saturated rings. The molecule has 1 aromatic heterocycles. The summed E-state index contributed by atoms with van der Waals surface area (Å²) in [4.78, 5) is 13.0. The van der Waals surface area contributed by atoms with E-state index in [1.807, 2.05) is 32.3 Å². The Hall–Kier alpha value is -2.34. The van der Waals surface area contributed by atoms with Crippen LogP contribution in [0.1, 0.15) is 16.1 Å². The zero-order chi connectivity index (χ0) is 15.4. The lowest BCUT2D eigenvalue weighted by atomic mass is 10.0. The third kappa shape index (κ3) is 3.61. The minimum absolute atomic E-state index is 0.0609. The maximum atomic E-state index is 10.9. The van der Waals surface area contributed by atoms with Crippen LogP contribution < -0.4 is 4.74 Å². The van der Waals surface area contributed by atoms with Crippen LogP contribution in [0.2, 0.25) is 0 Å². The van der Waals surface area contributed by atoms with Crippen molar-refractivity contribution in [1.29, 1.82) is 0 Å². The van der Waals surface area contributed by atoms with E-state index in [-0.39, 0.29) is 5.69 Å². The quantitative estimate of drug-likeness (QED) is 0.849. The van der Waals surface area contributed by atoms with Crippen molar-refractivity contribution in [3.8, 4) is 17.0 Å². The topological polar surface area (TPSA) is 78.5 Å². The average molecular weight is 289 g/mol. The van der Waals surface area contributed by atoms with Crippen molar-refractivity contribution in [1.82, 2.24) is 15.1 Å². The fraction of sp³-hybridized carbons (Fsp3) is 0.333. The molecule has 21 heavy (non-hydrogen) atoms. The smallest absolute Gasteiger partial charge is 0.353 e. The Bertz CT molecular complexity index is 635. The molecule has 112 valence electrons. The SMILES string of the molecule is COc1ccc(CCN(C)C)cc1-c1cc(C(=O)O)[nH]n1.